The van der Waals surface area contributed by atoms with Gasteiger partial charge in [0.1, 0.15) is 12.4 Å². The van der Waals surface area contributed by atoms with Crippen LogP contribution in [-0.4, -0.2) is 60.3 Å². The molecule has 0 unspecified atom stereocenters. The van der Waals surface area contributed by atoms with E-state index in [9.17, 15) is 9.59 Å². The third-order valence-corrected chi connectivity index (χ3v) is 3.63. The van der Waals surface area contributed by atoms with Crippen LogP contribution in [0, 0.1) is 0 Å². The minimum atomic E-state index is -0.104. The highest BCUT2D eigenvalue weighted by Crippen LogP contribution is 2.15. The molecular weight excluding hydrogens is 268 g/mol. The second kappa shape index (κ2) is 6.56. The fourth-order valence-electron chi connectivity index (χ4n) is 2.34. The molecule has 1 aromatic rings. The molecule has 114 valence electrons. The monoisotopic (exact) mass is 290 g/mol. The molecule has 0 saturated carbocycles. The normalized spacial score (nSPS) is 15.3. The van der Waals surface area contributed by atoms with Gasteiger partial charge in [-0.25, -0.2) is 4.98 Å². The van der Waals surface area contributed by atoms with E-state index in [0.29, 0.717) is 24.5 Å². The maximum absolute atomic E-state index is 12.6. The van der Waals surface area contributed by atoms with Crippen molar-refractivity contribution in [2.75, 3.05) is 39.0 Å². The van der Waals surface area contributed by atoms with Crippen molar-refractivity contribution >= 4 is 17.6 Å². The van der Waals surface area contributed by atoms with Crippen molar-refractivity contribution in [1.29, 1.82) is 0 Å². The molecule has 0 aliphatic carbocycles. The van der Waals surface area contributed by atoms with Crippen LogP contribution in [0.5, 0.6) is 0 Å². The summed E-state index contributed by atoms with van der Waals surface area (Å²) in [7, 11) is 3.54. The van der Waals surface area contributed by atoms with Gasteiger partial charge in [-0.2, -0.15) is 0 Å². The number of rotatable bonds is 4. The van der Waals surface area contributed by atoms with E-state index in [1.165, 1.54) is 0 Å². The first kappa shape index (κ1) is 15.3. The summed E-state index contributed by atoms with van der Waals surface area (Å²) in [5.41, 5.74) is 1.49. The standard InChI is InChI=1S/C15H22N4O2/c1-4-5-12-8-11(9-13(16-2)17-12)15(21)19-7-6-18(3)14(20)10-19/h8-9H,4-7,10H2,1-3H3,(H,16,17). The summed E-state index contributed by atoms with van der Waals surface area (Å²) in [6.07, 6.45) is 1.80. The molecule has 0 spiro atoms. The van der Waals surface area contributed by atoms with Crippen molar-refractivity contribution in [3.63, 3.8) is 0 Å². The van der Waals surface area contributed by atoms with Crippen LogP contribution in [0.1, 0.15) is 29.4 Å². The van der Waals surface area contributed by atoms with E-state index in [4.69, 9.17) is 0 Å². The summed E-state index contributed by atoms with van der Waals surface area (Å²) < 4.78 is 0. The van der Waals surface area contributed by atoms with Crippen LogP contribution < -0.4 is 5.32 Å². The molecule has 1 aliphatic heterocycles. The zero-order chi connectivity index (χ0) is 15.4. The maximum atomic E-state index is 12.6. The number of anilines is 1. The minimum absolute atomic E-state index is 0.0220. The third kappa shape index (κ3) is 3.51. The molecule has 1 N–H and O–H groups in total. The first-order chi connectivity index (χ1) is 10.0. The van der Waals surface area contributed by atoms with E-state index in [-0.39, 0.29) is 18.4 Å². The molecule has 1 saturated heterocycles. The van der Waals surface area contributed by atoms with Gasteiger partial charge in [0.05, 0.1) is 0 Å². The number of piperazine rings is 1. The average molecular weight is 290 g/mol. The number of carbonyl (C=O) groups excluding carboxylic acids is 2. The number of carbonyl (C=O) groups is 2. The fraction of sp³-hybridized carbons (Fsp3) is 0.533. The first-order valence-corrected chi connectivity index (χ1v) is 7.27. The lowest BCUT2D eigenvalue weighted by atomic mass is 10.1. The molecule has 6 nitrogen and oxygen atoms in total. The van der Waals surface area contributed by atoms with Gasteiger partial charge in [-0.05, 0) is 18.6 Å². The summed E-state index contributed by atoms with van der Waals surface area (Å²) in [5, 5.41) is 2.98. The molecule has 2 amide bonds. The van der Waals surface area contributed by atoms with E-state index in [0.717, 1.165) is 18.5 Å². The Morgan fingerprint density at radius 3 is 2.76 bits per heavy atom. The molecule has 0 bridgehead atoms. The Morgan fingerprint density at radius 1 is 1.38 bits per heavy atom. The van der Waals surface area contributed by atoms with Crippen LogP contribution in [0.15, 0.2) is 12.1 Å². The van der Waals surface area contributed by atoms with Gasteiger partial charge in [0.15, 0.2) is 0 Å². The molecule has 1 fully saturated rings. The van der Waals surface area contributed by atoms with Gasteiger partial charge < -0.3 is 15.1 Å². The van der Waals surface area contributed by atoms with Gasteiger partial charge >= 0.3 is 0 Å². The maximum Gasteiger partial charge on any atom is 0.254 e. The van der Waals surface area contributed by atoms with Crippen molar-refractivity contribution in [1.82, 2.24) is 14.8 Å². The lowest BCUT2D eigenvalue weighted by Gasteiger charge is -2.32. The van der Waals surface area contributed by atoms with E-state index in [1.807, 2.05) is 6.07 Å². The van der Waals surface area contributed by atoms with Crippen LogP contribution in [0.25, 0.3) is 0 Å². The van der Waals surface area contributed by atoms with Crippen molar-refractivity contribution in [3.05, 3.63) is 23.4 Å². The van der Waals surface area contributed by atoms with Crippen molar-refractivity contribution < 1.29 is 9.59 Å². The van der Waals surface area contributed by atoms with Gasteiger partial charge in [-0.1, -0.05) is 13.3 Å². The van der Waals surface area contributed by atoms with Crippen LogP contribution in [0.2, 0.25) is 0 Å². The Bertz CT molecular complexity index is 544. The van der Waals surface area contributed by atoms with Crippen LogP contribution >= 0.6 is 0 Å². The Balaban J connectivity index is 2.22. The highest BCUT2D eigenvalue weighted by molar-refractivity contribution is 5.97. The van der Waals surface area contributed by atoms with Crippen LogP contribution in [-0.2, 0) is 11.2 Å². The molecule has 0 aromatic carbocycles. The zero-order valence-electron chi connectivity index (χ0n) is 12.8. The molecule has 0 radical (unpaired) electrons. The largest absolute Gasteiger partial charge is 0.373 e. The van der Waals surface area contributed by atoms with Gasteiger partial charge in [-0.3, -0.25) is 9.59 Å². The number of nitrogens with zero attached hydrogens (tertiary/aromatic N) is 3. The summed E-state index contributed by atoms with van der Waals surface area (Å²) in [6, 6.07) is 3.57. The van der Waals surface area contributed by atoms with E-state index in [1.54, 1.807) is 30.0 Å². The number of hydrogen-bond donors (Lipinski definition) is 1. The highest BCUT2D eigenvalue weighted by atomic mass is 16.2. The summed E-state index contributed by atoms with van der Waals surface area (Å²) in [6.45, 7) is 3.38. The van der Waals surface area contributed by atoms with Gasteiger partial charge in [-0.15, -0.1) is 0 Å². The van der Waals surface area contributed by atoms with E-state index < -0.39 is 0 Å². The molecule has 6 heteroatoms. The third-order valence-electron chi connectivity index (χ3n) is 3.63. The summed E-state index contributed by atoms with van der Waals surface area (Å²) in [5.74, 6) is 0.559. The Labute approximate surface area is 125 Å². The minimum Gasteiger partial charge on any atom is -0.373 e. The van der Waals surface area contributed by atoms with E-state index >= 15 is 0 Å². The topological polar surface area (TPSA) is 65.5 Å². The smallest absolute Gasteiger partial charge is 0.254 e. The predicted octanol–water partition coefficient (Wildman–Crippen LogP) is 0.990. The second-order valence-electron chi connectivity index (χ2n) is 5.27. The van der Waals surface area contributed by atoms with Gasteiger partial charge in [0, 0.05) is 38.4 Å². The Kier molecular flexibility index (Phi) is 4.77. The molecule has 2 heterocycles. The average Bonchev–Trinajstić information content (AvgIpc) is 2.49. The van der Waals surface area contributed by atoms with Gasteiger partial charge in [0.2, 0.25) is 5.91 Å². The molecule has 1 aliphatic rings. The molecule has 0 atom stereocenters. The highest BCUT2D eigenvalue weighted by Gasteiger charge is 2.26. The molecule has 2 rings (SSSR count). The van der Waals surface area contributed by atoms with Crippen LogP contribution in [0.4, 0.5) is 5.82 Å². The number of nitrogens with one attached hydrogen (secondary N) is 1. The molecule has 21 heavy (non-hydrogen) atoms. The van der Waals surface area contributed by atoms with E-state index in [2.05, 4.69) is 17.2 Å². The van der Waals surface area contributed by atoms with Gasteiger partial charge in [0.25, 0.3) is 5.91 Å². The fourth-order valence-corrected chi connectivity index (χ4v) is 2.34. The number of aromatic nitrogens is 1. The number of aryl methyl sites for hydroxylation is 1. The van der Waals surface area contributed by atoms with Crippen molar-refractivity contribution in [2.24, 2.45) is 0 Å². The lowest BCUT2D eigenvalue weighted by molar-refractivity contribution is -0.133. The van der Waals surface area contributed by atoms with Crippen molar-refractivity contribution in [3.8, 4) is 0 Å². The first-order valence-electron chi connectivity index (χ1n) is 7.27. The molecular formula is C15H22N4O2. The number of hydrogen-bond acceptors (Lipinski definition) is 4. The summed E-state index contributed by atoms with van der Waals surface area (Å²) >= 11 is 0. The number of likely N-dealkylation sites (N-methyl/N-ethyl adjacent to an activating group) is 1. The molecule has 1 aromatic heterocycles. The second-order valence-corrected chi connectivity index (χ2v) is 5.27. The Hall–Kier alpha value is -2.11. The zero-order valence-corrected chi connectivity index (χ0v) is 12.8. The quantitative estimate of drug-likeness (QED) is 0.898. The Morgan fingerprint density at radius 2 is 2.14 bits per heavy atom. The van der Waals surface area contributed by atoms with Crippen molar-refractivity contribution in [2.45, 2.75) is 19.8 Å². The number of pyridine rings is 1. The summed E-state index contributed by atoms with van der Waals surface area (Å²) in [4.78, 5) is 32.0. The predicted molar refractivity (Wildman–Crippen MR) is 81.3 cm³/mol. The van der Waals surface area contributed by atoms with Crippen LogP contribution in [0.3, 0.4) is 0 Å². The SMILES string of the molecule is CCCc1cc(C(=O)N2CCN(C)C(=O)C2)cc(NC)n1. The lowest BCUT2D eigenvalue weighted by Crippen LogP contribution is -2.50. The number of amides is 2.